The molecular formula is C18H27N3O3. The lowest BCUT2D eigenvalue weighted by molar-refractivity contribution is -0.116. The molecule has 0 atom stereocenters. The lowest BCUT2D eigenvalue weighted by Crippen LogP contribution is -2.45. The summed E-state index contributed by atoms with van der Waals surface area (Å²) in [5, 5.41) is 6.29. The molecule has 1 aliphatic heterocycles. The van der Waals surface area contributed by atoms with Crippen molar-refractivity contribution < 1.29 is 14.3 Å². The molecule has 24 heavy (non-hydrogen) atoms. The van der Waals surface area contributed by atoms with Gasteiger partial charge in [0.1, 0.15) is 0 Å². The first kappa shape index (κ1) is 18.3. The largest absolute Gasteiger partial charge is 0.450 e. The van der Waals surface area contributed by atoms with E-state index >= 15 is 0 Å². The highest BCUT2D eigenvalue weighted by Gasteiger charge is 2.23. The summed E-state index contributed by atoms with van der Waals surface area (Å²) in [6.07, 6.45) is 1.98. The minimum Gasteiger partial charge on any atom is -0.450 e. The molecule has 2 amide bonds. The fourth-order valence-electron chi connectivity index (χ4n) is 2.73. The van der Waals surface area contributed by atoms with Gasteiger partial charge in [0.15, 0.2) is 0 Å². The topological polar surface area (TPSA) is 70.7 Å². The summed E-state index contributed by atoms with van der Waals surface area (Å²) in [5.74, 6) is 0.00955. The van der Waals surface area contributed by atoms with Crippen molar-refractivity contribution in [3.63, 3.8) is 0 Å². The zero-order valence-corrected chi connectivity index (χ0v) is 14.5. The molecule has 6 heteroatoms. The molecule has 1 aromatic rings. The lowest BCUT2D eigenvalue weighted by atomic mass is 10.1. The van der Waals surface area contributed by atoms with E-state index in [1.165, 1.54) is 5.56 Å². The maximum Gasteiger partial charge on any atom is 0.409 e. The number of anilines is 1. The molecule has 0 bridgehead atoms. The minimum absolute atomic E-state index is 0.00955. The van der Waals surface area contributed by atoms with E-state index in [4.69, 9.17) is 4.74 Å². The number of amides is 2. The first-order valence-electron chi connectivity index (χ1n) is 8.60. The SMILES string of the molecule is CCOC(=O)N1CCC(NCCC(=O)Nc2ccc(C)cc2)CC1. The Morgan fingerprint density at radius 3 is 2.50 bits per heavy atom. The number of likely N-dealkylation sites (tertiary alicyclic amines) is 1. The highest BCUT2D eigenvalue weighted by molar-refractivity contribution is 5.90. The van der Waals surface area contributed by atoms with E-state index in [-0.39, 0.29) is 12.0 Å². The standard InChI is InChI=1S/C18H27N3O3/c1-3-24-18(23)21-12-9-15(10-13-21)19-11-8-17(22)20-16-6-4-14(2)5-7-16/h4-7,15,19H,3,8-13H2,1-2H3,(H,20,22). The van der Waals surface area contributed by atoms with E-state index in [0.29, 0.717) is 38.7 Å². The van der Waals surface area contributed by atoms with Crippen molar-refractivity contribution in [3.8, 4) is 0 Å². The monoisotopic (exact) mass is 333 g/mol. The minimum atomic E-state index is -0.228. The van der Waals surface area contributed by atoms with E-state index in [1.807, 2.05) is 38.1 Å². The van der Waals surface area contributed by atoms with Crippen molar-refractivity contribution in [3.05, 3.63) is 29.8 Å². The van der Waals surface area contributed by atoms with Crippen LogP contribution in [0.3, 0.4) is 0 Å². The van der Waals surface area contributed by atoms with Gasteiger partial charge in [-0.3, -0.25) is 4.79 Å². The molecule has 0 radical (unpaired) electrons. The number of ether oxygens (including phenoxy) is 1. The van der Waals surface area contributed by atoms with Crippen LogP contribution in [-0.2, 0) is 9.53 Å². The van der Waals surface area contributed by atoms with Crippen molar-refractivity contribution in [1.82, 2.24) is 10.2 Å². The summed E-state index contributed by atoms with van der Waals surface area (Å²) in [6.45, 7) is 6.28. The number of carbonyl (C=O) groups is 2. The van der Waals surface area contributed by atoms with Crippen molar-refractivity contribution in [2.24, 2.45) is 0 Å². The summed E-state index contributed by atoms with van der Waals surface area (Å²) in [6, 6.07) is 8.12. The van der Waals surface area contributed by atoms with Gasteiger partial charge >= 0.3 is 6.09 Å². The Morgan fingerprint density at radius 1 is 1.21 bits per heavy atom. The molecule has 1 aromatic carbocycles. The van der Waals surface area contributed by atoms with E-state index in [0.717, 1.165) is 18.5 Å². The van der Waals surface area contributed by atoms with E-state index in [2.05, 4.69) is 10.6 Å². The number of piperidine rings is 1. The number of hydrogen-bond acceptors (Lipinski definition) is 4. The van der Waals surface area contributed by atoms with Crippen molar-refractivity contribution in [2.75, 3.05) is 31.6 Å². The predicted molar refractivity (Wildman–Crippen MR) is 94.0 cm³/mol. The molecule has 0 unspecified atom stereocenters. The predicted octanol–water partition coefficient (Wildman–Crippen LogP) is 2.53. The van der Waals surface area contributed by atoms with Crippen LogP contribution in [0, 0.1) is 6.92 Å². The van der Waals surface area contributed by atoms with Crippen molar-refractivity contribution >= 4 is 17.7 Å². The quantitative estimate of drug-likeness (QED) is 0.839. The summed E-state index contributed by atoms with van der Waals surface area (Å²) in [5.41, 5.74) is 2.00. The molecule has 1 fully saturated rings. The highest BCUT2D eigenvalue weighted by Crippen LogP contribution is 2.12. The summed E-state index contributed by atoms with van der Waals surface area (Å²) >= 11 is 0. The fourth-order valence-corrected chi connectivity index (χ4v) is 2.73. The maximum atomic E-state index is 11.9. The molecule has 0 aliphatic carbocycles. The van der Waals surface area contributed by atoms with Crippen LogP contribution in [0.1, 0.15) is 31.7 Å². The molecule has 1 heterocycles. The normalized spacial score (nSPS) is 15.2. The third kappa shape index (κ3) is 5.85. The van der Waals surface area contributed by atoms with Crippen molar-refractivity contribution in [2.45, 2.75) is 39.2 Å². The third-order valence-electron chi connectivity index (χ3n) is 4.14. The van der Waals surface area contributed by atoms with Crippen LogP contribution < -0.4 is 10.6 Å². The molecule has 2 N–H and O–H groups in total. The fraction of sp³-hybridized carbons (Fsp3) is 0.556. The first-order valence-corrected chi connectivity index (χ1v) is 8.60. The number of hydrogen-bond donors (Lipinski definition) is 2. The van der Waals surface area contributed by atoms with Crippen LogP contribution >= 0.6 is 0 Å². The summed E-state index contributed by atoms with van der Waals surface area (Å²) in [4.78, 5) is 25.3. The Kier molecular flexibility index (Phi) is 7.06. The third-order valence-corrected chi connectivity index (χ3v) is 4.14. The maximum absolute atomic E-state index is 11.9. The van der Waals surface area contributed by atoms with E-state index < -0.39 is 0 Å². The molecule has 1 aliphatic rings. The van der Waals surface area contributed by atoms with Crippen LogP contribution in [0.5, 0.6) is 0 Å². The van der Waals surface area contributed by atoms with Crippen LogP contribution in [0.4, 0.5) is 10.5 Å². The smallest absolute Gasteiger partial charge is 0.409 e. The zero-order chi connectivity index (χ0) is 17.4. The van der Waals surface area contributed by atoms with Gasteiger partial charge in [-0.2, -0.15) is 0 Å². The van der Waals surface area contributed by atoms with Crippen molar-refractivity contribution in [1.29, 1.82) is 0 Å². The van der Waals surface area contributed by atoms with Gasteiger partial charge in [0.25, 0.3) is 0 Å². The Morgan fingerprint density at radius 2 is 1.88 bits per heavy atom. The summed E-state index contributed by atoms with van der Waals surface area (Å²) < 4.78 is 5.01. The molecular weight excluding hydrogens is 306 g/mol. The Labute approximate surface area is 143 Å². The second-order valence-electron chi connectivity index (χ2n) is 6.08. The van der Waals surface area contributed by atoms with Gasteiger partial charge in [0.2, 0.25) is 5.91 Å². The Bertz CT molecular complexity index is 537. The lowest BCUT2D eigenvalue weighted by Gasteiger charge is -2.31. The van der Waals surface area contributed by atoms with Gasteiger partial charge in [-0.15, -0.1) is 0 Å². The molecule has 1 saturated heterocycles. The number of nitrogens with one attached hydrogen (secondary N) is 2. The first-order chi connectivity index (χ1) is 11.6. The second-order valence-corrected chi connectivity index (χ2v) is 6.08. The van der Waals surface area contributed by atoms with Crippen LogP contribution in [-0.4, -0.2) is 49.2 Å². The second kappa shape index (κ2) is 9.27. The number of benzene rings is 1. The number of nitrogens with zero attached hydrogens (tertiary/aromatic N) is 1. The number of carbonyl (C=O) groups excluding carboxylic acids is 2. The average Bonchev–Trinajstić information content (AvgIpc) is 2.58. The van der Waals surface area contributed by atoms with Crippen LogP contribution in [0.2, 0.25) is 0 Å². The molecule has 0 aromatic heterocycles. The molecule has 2 rings (SSSR count). The Hall–Kier alpha value is -2.08. The van der Waals surface area contributed by atoms with Crippen LogP contribution in [0.25, 0.3) is 0 Å². The molecule has 0 spiro atoms. The van der Waals surface area contributed by atoms with E-state index in [9.17, 15) is 9.59 Å². The average molecular weight is 333 g/mol. The molecule has 132 valence electrons. The van der Waals surface area contributed by atoms with Gasteiger partial charge in [-0.25, -0.2) is 4.79 Å². The Balaban J connectivity index is 1.62. The van der Waals surface area contributed by atoms with Gasteiger partial charge in [-0.1, -0.05) is 17.7 Å². The molecule has 0 saturated carbocycles. The van der Waals surface area contributed by atoms with Gasteiger partial charge in [-0.05, 0) is 38.8 Å². The van der Waals surface area contributed by atoms with E-state index in [1.54, 1.807) is 4.90 Å². The molecule has 6 nitrogen and oxygen atoms in total. The summed E-state index contributed by atoms with van der Waals surface area (Å²) in [7, 11) is 0. The van der Waals surface area contributed by atoms with Crippen LogP contribution in [0.15, 0.2) is 24.3 Å². The number of rotatable bonds is 6. The number of aryl methyl sites for hydroxylation is 1. The van der Waals surface area contributed by atoms with Gasteiger partial charge in [0.05, 0.1) is 6.61 Å². The zero-order valence-electron chi connectivity index (χ0n) is 14.5. The van der Waals surface area contributed by atoms with Gasteiger partial charge in [0, 0.05) is 37.8 Å². The van der Waals surface area contributed by atoms with Gasteiger partial charge < -0.3 is 20.3 Å². The highest BCUT2D eigenvalue weighted by atomic mass is 16.6.